The van der Waals surface area contributed by atoms with Crippen LogP contribution in [0, 0.1) is 11.3 Å². The minimum Gasteiger partial charge on any atom is -0.366 e. The zero-order valence-electron chi connectivity index (χ0n) is 12.1. The van der Waals surface area contributed by atoms with Gasteiger partial charge in [0.15, 0.2) is 0 Å². The fourth-order valence-corrected chi connectivity index (χ4v) is 2.50. The molecule has 0 radical (unpaired) electrons. The predicted molar refractivity (Wildman–Crippen MR) is 84.3 cm³/mol. The highest BCUT2D eigenvalue weighted by Crippen LogP contribution is 2.21. The summed E-state index contributed by atoms with van der Waals surface area (Å²) in [7, 11) is 0. The number of nitrogens with zero attached hydrogens (tertiary/aromatic N) is 3. The molecule has 3 rings (SSSR count). The van der Waals surface area contributed by atoms with Crippen molar-refractivity contribution in [2.75, 3.05) is 16.8 Å². The van der Waals surface area contributed by atoms with Gasteiger partial charge in [0.25, 0.3) is 0 Å². The summed E-state index contributed by atoms with van der Waals surface area (Å²) in [6.45, 7) is 1.43. The predicted octanol–water partition coefficient (Wildman–Crippen LogP) is 2.69. The van der Waals surface area contributed by atoms with Crippen LogP contribution in [0.25, 0.3) is 0 Å². The van der Waals surface area contributed by atoms with E-state index in [1.165, 1.54) is 0 Å². The van der Waals surface area contributed by atoms with E-state index in [0.29, 0.717) is 24.5 Å². The van der Waals surface area contributed by atoms with Gasteiger partial charge in [0, 0.05) is 25.2 Å². The molecule has 2 heterocycles. The minimum absolute atomic E-state index is 0.198. The third-order valence-electron chi connectivity index (χ3n) is 3.66. The second kappa shape index (κ2) is 6.27. The van der Waals surface area contributed by atoms with Crippen molar-refractivity contribution < 1.29 is 4.79 Å². The quantitative estimate of drug-likeness (QED) is 0.940. The van der Waals surface area contributed by atoms with E-state index in [1.807, 2.05) is 41.3 Å². The van der Waals surface area contributed by atoms with Crippen LogP contribution in [0.5, 0.6) is 0 Å². The molecule has 5 nitrogen and oxygen atoms in total. The molecule has 0 bridgehead atoms. The first kappa shape index (κ1) is 14.1. The highest BCUT2D eigenvalue weighted by Gasteiger charge is 2.21. The van der Waals surface area contributed by atoms with E-state index in [2.05, 4.69) is 10.3 Å². The molecule has 110 valence electrons. The summed E-state index contributed by atoms with van der Waals surface area (Å²) < 4.78 is 0. The van der Waals surface area contributed by atoms with Crippen LogP contribution in [0.2, 0.25) is 0 Å². The second-order valence-electron chi connectivity index (χ2n) is 5.19. The first-order valence-corrected chi connectivity index (χ1v) is 7.26. The Balaban J connectivity index is 1.64. The molecule has 0 atom stereocenters. The number of aromatic nitrogens is 1. The van der Waals surface area contributed by atoms with Gasteiger partial charge in [0.2, 0.25) is 5.91 Å². The molecule has 0 saturated carbocycles. The Morgan fingerprint density at radius 1 is 1.23 bits per heavy atom. The van der Waals surface area contributed by atoms with Gasteiger partial charge < -0.3 is 10.2 Å². The van der Waals surface area contributed by atoms with Crippen LogP contribution in [0.15, 0.2) is 42.5 Å². The van der Waals surface area contributed by atoms with Crippen molar-refractivity contribution in [1.82, 2.24) is 4.98 Å². The fraction of sp³-hybridized carbons (Fsp3) is 0.235. The van der Waals surface area contributed by atoms with Crippen molar-refractivity contribution in [2.45, 2.75) is 19.4 Å². The molecule has 1 aromatic heterocycles. The molecule has 1 aromatic carbocycles. The number of hydrogen-bond donors (Lipinski definition) is 1. The lowest BCUT2D eigenvalue weighted by atomic mass is 10.2. The molecule has 1 fully saturated rings. The van der Waals surface area contributed by atoms with Gasteiger partial charge >= 0.3 is 0 Å². The number of nitriles is 1. The van der Waals surface area contributed by atoms with Crippen molar-refractivity contribution >= 4 is 17.4 Å². The molecule has 1 amide bonds. The molecule has 0 aliphatic carbocycles. The molecule has 2 aromatic rings. The molecule has 22 heavy (non-hydrogen) atoms. The van der Waals surface area contributed by atoms with Crippen molar-refractivity contribution in [3.8, 4) is 6.07 Å². The largest absolute Gasteiger partial charge is 0.366 e. The van der Waals surface area contributed by atoms with E-state index in [4.69, 9.17) is 5.26 Å². The van der Waals surface area contributed by atoms with Crippen LogP contribution in [0.3, 0.4) is 0 Å². The highest BCUT2D eigenvalue weighted by molar-refractivity contribution is 5.95. The number of pyridine rings is 1. The van der Waals surface area contributed by atoms with E-state index in [-0.39, 0.29) is 5.91 Å². The van der Waals surface area contributed by atoms with Crippen molar-refractivity contribution in [1.29, 1.82) is 5.26 Å². The smallest absolute Gasteiger partial charge is 0.227 e. The second-order valence-corrected chi connectivity index (χ2v) is 5.19. The summed E-state index contributed by atoms with van der Waals surface area (Å²) in [6, 6.07) is 15.3. The van der Waals surface area contributed by atoms with Gasteiger partial charge in [0.1, 0.15) is 17.6 Å². The van der Waals surface area contributed by atoms with Gasteiger partial charge in [0.05, 0.1) is 0 Å². The normalized spacial score (nSPS) is 14.0. The molecule has 1 aliphatic rings. The van der Waals surface area contributed by atoms with Gasteiger partial charge in [-0.1, -0.05) is 18.2 Å². The topological polar surface area (TPSA) is 69.0 Å². The average Bonchev–Trinajstić information content (AvgIpc) is 3.00. The first-order valence-electron chi connectivity index (χ1n) is 7.26. The van der Waals surface area contributed by atoms with Crippen LogP contribution in [-0.4, -0.2) is 17.4 Å². The van der Waals surface area contributed by atoms with Gasteiger partial charge in [-0.2, -0.15) is 5.26 Å². The van der Waals surface area contributed by atoms with E-state index in [1.54, 1.807) is 12.1 Å². The Labute approximate surface area is 129 Å². The van der Waals surface area contributed by atoms with Crippen LogP contribution < -0.4 is 10.2 Å². The van der Waals surface area contributed by atoms with Gasteiger partial charge in [-0.05, 0) is 36.2 Å². The fourth-order valence-electron chi connectivity index (χ4n) is 2.50. The number of carbonyl (C=O) groups is 1. The lowest BCUT2D eigenvalue weighted by molar-refractivity contribution is -0.117. The standard InChI is InChI=1S/C17H16N4O/c18-11-14-3-1-4-16(20-14)19-12-13-6-8-15(9-7-13)21-10-2-5-17(21)22/h1,3-4,6-9H,2,5,10,12H2,(H,19,20). The molecule has 1 N–H and O–H groups in total. The molecule has 1 aliphatic heterocycles. The third kappa shape index (κ3) is 3.07. The maximum atomic E-state index is 11.7. The van der Waals surface area contributed by atoms with Crippen LogP contribution >= 0.6 is 0 Å². The molecule has 1 saturated heterocycles. The molecule has 5 heteroatoms. The van der Waals surface area contributed by atoms with Gasteiger partial charge in [-0.15, -0.1) is 0 Å². The number of nitrogens with one attached hydrogen (secondary N) is 1. The van der Waals surface area contributed by atoms with Crippen molar-refractivity contribution in [2.24, 2.45) is 0 Å². The summed E-state index contributed by atoms with van der Waals surface area (Å²) in [5.74, 6) is 0.876. The molecular formula is C17H16N4O. The number of hydrogen-bond acceptors (Lipinski definition) is 4. The van der Waals surface area contributed by atoms with Crippen LogP contribution in [0.1, 0.15) is 24.1 Å². The van der Waals surface area contributed by atoms with E-state index in [9.17, 15) is 4.79 Å². The lowest BCUT2D eigenvalue weighted by Crippen LogP contribution is -2.23. The Kier molecular flexibility index (Phi) is 4.01. The SMILES string of the molecule is N#Cc1cccc(NCc2ccc(N3CCCC3=O)cc2)n1. The van der Waals surface area contributed by atoms with E-state index < -0.39 is 0 Å². The summed E-state index contributed by atoms with van der Waals surface area (Å²) in [5.41, 5.74) is 2.45. The van der Waals surface area contributed by atoms with Gasteiger partial charge in [-0.25, -0.2) is 4.98 Å². The summed E-state index contributed by atoms with van der Waals surface area (Å²) in [4.78, 5) is 17.7. The molecular weight excluding hydrogens is 276 g/mol. The third-order valence-corrected chi connectivity index (χ3v) is 3.66. The number of benzene rings is 1. The van der Waals surface area contributed by atoms with Crippen molar-refractivity contribution in [3.63, 3.8) is 0 Å². The molecule has 0 unspecified atom stereocenters. The van der Waals surface area contributed by atoms with Crippen LogP contribution in [-0.2, 0) is 11.3 Å². The highest BCUT2D eigenvalue weighted by atomic mass is 16.2. The first-order chi connectivity index (χ1) is 10.8. The Morgan fingerprint density at radius 3 is 2.73 bits per heavy atom. The lowest BCUT2D eigenvalue weighted by Gasteiger charge is -2.16. The monoisotopic (exact) mass is 292 g/mol. The Bertz CT molecular complexity index is 718. The Morgan fingerprint density at radius 2 is 2.05 bits per heavy atom. The summed E-state index contributed by atoms with van der Waals surface area (Å²) >= 11 is 0. The van der Waals surface area contributed by atoms with Crippen LogP contribution in [0.4, 0.5) is 11.5 Å². The average molecular weight is 292 g/mol. The summed E-state index contributed by atoms with van der Waals surface area (Å²) in [5, 5.41) is 12.0. The number of anilines is 2. The number of carbonyl (C=O) groups excluding carboxylic acids is 1. The minimum atomic E-state index is 0.198. The van der Waals surface area contributed by atoms with E-state index >= 15 is 0 Å². The zero-order valence-corrected chi connectivity index (χ0v) is 12.1. The summed E-state index contributed by atoms with van der Waals surface area (Å²) in [6.07, 6.45) is 1.58. The van der Waals surface area contributed by atoms with E-state index in [0.717, 1.165) is 24.2 Å². The number of amides is 1. The molecule has 0 spiro atoms. The Hall–Kier alpha value is -2.87. The maximum Gasteiger partial charge on any atom is 0.227 e. The maximum absolute atomic E-state index is 11.7. The zero-order chi connectivity index (χ0) is 15.4. The van der Waals surface area contributed by atoms with Gasteiger partial charge in [-0.3, -0.25) is 4.79 Å². The number of rotatable bonds is 4. The van der Waals surface area contributed by atoms with Crippen molar-refractivity contribution in [3.05, 3.63) is 53.7 Å².